The Kier molecular flexibility index (Phi) is 3.94. The molecular formula is C13H17N3O. The summed E-state index contributed by atoms with van der Waals surface area (Å²) in [7, 11) is 0. The van der Waals surface area contributed by atoms with Crippen LogP contribution in [0.5, 0.6) is 0 Å². The third kappa shape index (κ3) is 3.18. The standard InChI is InChI=1S/C13H17N3O/c14-8-10-6-7-11(9-15-10)16-12-4-2-1-3-5-13(12)17/h6-7,9,12-13,16-17H,1-5H2. The van der Waals surface area contributed by atoms with Crippen LogP contribution in [0.25, 0.3) is 0 Å². The van der Waals surface area contributed by atoms with Gasteiger partial charge in [0.1, 0.15) is 11.8 Å². The highest BCUT2D eigenvalue weighted by atomic mass is 16.3. The molecule has 90 valence electrons. The van der Waals surface area contributed by atoms with Crippen molar-refractivity contribution in [1.29, 1.82) is 5.26 Å². The molecule has 4 nitrogen and oxygen atoms in total. The Hall–Kier alpha value is -1.60. The Bertz CT molecular complexity index is 396. The van der Waals surface area contributed by atoms with Gasteiger partial charge in [-0.1, -0.05) is 19.3 Å². The van der Waals surface area contributed by atoms with Crippen molar-refractivity contribution in [3.05, 3.63) is 24.0 Å². The molecule has 1 aromatic rings. The van der Waals surface area contributed by atoms with E-state index in [-0.39, 0.29) is 12.1 Å². The normalized spacial score (nSPS) is 24.7. The Morgan fingerprint density at radius 1 is 1.29 bits per heavy atom. The summed E-state index contributed by atoms with van der Waals surface area (Å²) in [5.41, 5.74) is 1.28. The van der Waals surface area contributed by atoms with Crippen LogP contribution in [0.4, 0.5) is 5.69 Å². The fraction of sp³-hybridized carbons (Fsp3) is 0.538. The van der Waals surface area contributed by atoms with Gasteiger partial charge < -0.3 is 10.4 Å². The number of aromatic nitrogens is 1. The largest absolute Gasteiger partial charge is 0.391 e. The van der Waals surface area contributed by atoms with Gasteiger partial charge in [0, 0.05) is 0 Å². The Morgan fingerprint density at radius 3 is 2.82 bits per heavy atom. The highest BCUT2D eigenvalue weighted by molar-refractivity contribution is 5.43. The van der Waals surface area contributed by atoms with E-state index in [0.29, 0.717) is 5.69 Å². The number of rotatable bonds is 2. The van der Waals surface area contributed by atoms with Crippen molar-refractivity contribution in [1.82, 2.24) is 4.98 Å². The van der Waals surface area contributed by atoms with E-state index in [9.17, 15) is 5.11 Å². The number of hydrogen-bond acceptors (Lipinski definition) is 4. The minimum Gasteiger partial charge on any atom is -0.391 e. The van der Waals surface area contributed by atoms with E-state index in [1.807, 2.05) is 12.1 Å². The van der Waals surface area contributed by atoms with Crippen LogP contribution in [0.2, 0.25) is 0 Å². The van der Waals surface area contributed by atoms with Crippen molar-refractivity contribution in [2.75, 3.05) is 5.32 Å². The molecule has 0 spiro atoms. The molecule has 0 aromatic carbocycles. The van der Waals surface area contributed by atoms with Crippen LogP contribution in [0, 0.1) is 11.3 Å². The first-order valence-corrected chi connectivity index (χ1v) is 6.10. The zero-order valence-corrected chi connectivity index (χ0v) is 9.76. The summed E-state index contributed by atoms with van der Waals surface area (Å²) in [5, 5.41) is 21.9. The van der Waals surface area contributed by atoms with E-state index in [4.69, 9.17) is 5.26 Å². The van der Waals surface area contributed by atoms with E-state index < -0.39 is 0 Å². The van der Waals surface area contributed by atoms with Crippen molar-refractivity contribution >= 4 is 5.69 Å². The highest BCUT2D eigenvalue weighted by Gasteiger charge is 2.21. The van der Waals surface area contributed by atoms with Crippen molar-refractivity contribution < 1.29 is 5.11 Å². The number of anilines is 1. The Balaban J connectivity index is 2.01. The van der Waals surface area contributed by atoms with Gasteiger partial charge in [0.25, 0.3) is 0 Å². The SMILES string of the molecule is N#Cc1ccc(NC2CCCCCC2O)cn1. The zero-order valence-electron chi connectivity index (χ0n) is 9.76. The number of pyridine rings is 1. The molecule has 0 saturated heterocycles. The van der Waals surface area contributed by atoms with Crippen LogP contribution < -0.4 is 5.32 Å². The lowest BCUT2D eigenvalue weighted by molar-refractivity contribution is 0.144. The average Bonchev–Trinajstić information content (AvgIpc) is 2.56. The summed E-state index contributed by atoms with van der Waals surface area (Å²) < 4.78 is 0. The first-order chi connectivity index (χ1) is 8.29. The molecule has 0 radical (unpaired) electrons. The predicted octanol–water partition coefficient (Wildman–Crippen LogP) is 2.06. The fourth-order valence-electron chi connectivity index (χ4n) is 2.22. The molecule has 2 rings (SSSR count). The second-order valence-corrected chi connectivity index (χ2v) is 4.50. The molecule has 2 atom stereocenters. The van der Waals surface area contributed by atoms with Gasteiger partial charge >= 0.3 is 0 Å². The van der Waals surface area contributed by atoms with Crippen LogP contribution in [-0.2, 0) is 0 Å². The molecule has 1 aromatic heterocycles. The van der Waals surface area contributed by atoms with E-state index >= 15 is 0 Å². The number of nitrogens with zero attached hydrogens (tertiary/aromatic N) is 2. The summed E-state index contributed by atoms with van der Waals surface area (Å²) in [6.07, 6.45) is 6.66. The summed E-state index contributed by atoms with van der Waals surface area (Å²) in [6.45, 7) is 0. The predicted molar refractivity (Wildman–Crippen MR) is 65.5 cm³/mol. The molecule has 1 heterocycles. The molecule has 2 N–H and O–H groups in total. The lowest BCUT2D eigenvalue weighted by Gasteiger charge is -2.22. The summed E-state index contributed by atoms with van der Waals surface area (Å²) >= 11 is 0. The minimum atomic E-state index is -0.284. The third-order valence-electron chi connectivity index (χ3n) is 3.21. The zero-order chi connectivity index (χ0) is 12.1. The molecular weight excluding hydrogens is 214 g/mol. The number of aliphatic hydroxyl groups is 1. The smallest absolute Gasteiger partial charge is 0.140 e. The number of aliphatic hydroxyl groups excluding tert-OH is 1. The minimum absolute atomic E-state index is 0.104. The molecule has 1 aliphatic carbocycles. The molecule has 0 bridgehead atoms. The van der Waals surface area contributed by atoms with Crippen molar-refractivity contribution in [3.63, 3.8) is 0 Å². The second kappa shape index (κ2) is 5.65. The van der Waals surface area contributed by atoms with Crippen LogP contribution >= 0.6 is 0 Å². The maximum Gasteiger partial charge on any atom is 0.140 e. The van der Waals surface area contributed by atoms with Gasteiger partial charge in [0.15, 0.2) is 0 Å². The van der Waals surface area contributed by atoms with Crippen LogP contribution in [-0.4, -0.2) is 22.2 Å². The average molecular weight is 231 g/mol. The van der Waals surface area contributed by atoms with Gasteiger partial charge in [-0.25, -0.2) is 4.98 Å². The van der Waals surface area contributed by atoms with Crippen LogP contribution in [0.15, 0.2) is 18.3 Å². The number of nitriles is 1. The highest BCUT2D eigenvalue weighted by Crippen LogP contribution is 2.21. The number of nitrogens with one attached hydrogen (secondary N) is 1. The third-order valence-corrected chi connectivity index (χ3v) is 3.21. The van der Waals surface area contributed by atoms with Crippen molar-refractivity contribution in [2.45, 2.75) is 44.2 Å². The summed E-state index contributed by atoms with van der Waals surface area (Å²) in [6, 6.07) is 5.61. The fourth-order valence-corrected chi connectivity index (χ4v) is 2.22. The first-order valence-electron chi connectivity index (χ1n) is 6.10. The molecule has 17 heavy (non-hydrogen) atoms. The van der Waals surface area contributed by atoms with Gasteiger partial charge in [-0.05, 0) is 25.0 Å². The van der Waals surface area contributed by atoms with Gasteiger partial charge in [0.05, 0.1) is 24.0 Å². The maximum absolute atomic E-state index is 9.98. The Labute approximate surface area is 101 Å². The maximum atomic E-state index is 9.98. The van der Waals surface area contributed by atoms with Crippen molar-refractivity contribution in [3.8, 4) is 6.07 Å². The molecule has 0 amide bonds. The van der Waals surface area contributed by atoms with E-state index in [0.717, 1.165) is 31.4 Å². The van der Waals surface area contributed by atoms with Gasteiger partial charge in [-0.15, -0.1) is 0 Å². The van der Waals surface area contributed by atoms with Crippen LogP contribution in [0.1, 0.15) is 37.8 Å². The van der Waals surface area contributed by atoms with Gasteiger partial charge in [-0.3, -0.25) is 0 Å². The van der Waals surface area contributed by atoms with Gasteiger partial charge in [-0.2, -0.15) is 5.26 Å². The topological polar surface area (TPSA) is 68.9 Å². The second-order valence-electron chi connectivity index (χ2n) is 4.50. The van der Waals surface area contributed by atoms with Gasteiger partial charge in [0.2, 0.25) is 0 Å². The monoisotopic (exact) mass is 231 g/mol. The molecule has 0 aliphatic heterocycles. The van der Waals surface area contributed by atoms with E-state index in [2.05, 4.69) is 10.3 Å². The molecule has 1 saturated carbocycles. The lowest BCUT2D eigenvalue weighted by Crippen LogP contribution is -2.32. The van der Waals surface area contributed by atoms with Crippen molar-refractivity contribution in [2.24, 2.45) is 0 Å². The molecule has 2 unspecified atom stereocenters. The van der Waals surface area contributed by atoms with Crippen LogP contribution in [0.3, 0.4) is 0 Å². The molecule has 1 fully saturated rings. The molecule has 4 heteroatoms. The lowest BCUT2D eigenvalue weighted by atomic mass is 10.1. The van der Waals surface area contributed by atoms with E-state index in [1.165, 1.54) is 6.42 Å². The molecule has 1 aliphatic rings. The first kappa shape index (κ1) is 11.9. The summed E-state index contributed by atoms with van der Waals surface area (Å²) in [4.78, 5) is 4.01. The quantitative estimate of drug-likeness (QED) is 0.764. The Morgan fingerprint density at radius 2 is 2.12 bits per heavy atom. The summed E-state index contributed by atoms with van der Waals surface area (Å²) in [5.74, 6) is 0. The van der Waals surface area contributed by atoms with E-state index in [1.54, 1.807) is 12.3 Å². The number of hydrogen-bond donors (Lipinski definition) is 2.